The van der Waals surface area contributed by atoms with Crippen LogP contribution >= 0.6 is 0 Å². The van der Waals surface area contributed by atoms with Crippen LogP contribution in [0, 0.1) is 13.8 Å². The lowest BCUT2D eigenvalue weighted by Crippen LogP contribution is -2.37. The zero-order valence-electron chi connectivity index (χ0n) is 12.8. The smallest absolute Gasteiger partial charge is 0.335 e. The van der Waals surface area contributed by atoms with E-state index in [0.717, 1.165) is 0 Å². The molecule has 0 atom stereocenters. The van der Waals surface area contributed by atoms with Gasteiger partial charge in [-0.3, -0.25) is 0 Å². The predicted molar refractivity (Wildman–Crippen MR) is 82.1 cm³/mol. The second-order valence-corrected chi connectivity index (χ2v) is 7.05. The molecule has 6 heteroatoms. The molecule has 0 aliphatic carbocycles. The molecule has 21 heavy (non-hydrogen) atoms. The van der Waals surface area contributed by atoms with Crippen molar-refractivity contribution >= 4 is 16.0 Å². The first kappa shape index (κ1) is 17.4. The minimum atomic E-state index is -3.77. The fraction of sp³-hybridized carbons (Fsp3) is 0.400. The Labute approximate surface area is 126 Å². The van der Waals surface area contributed by atoms with Crippen molar-refractivity contribution in [3.63, 3.8) is 0 Å². The van der Waals surface area contributed by atoms with Crippen molar-refractivity contribution in [3.05, 3.63) is 41.5 Å². The van der Waals surface area contributed by atoms with Gasteiger partial charge in [0.05, 0.1) is 10.5 Å². The monoisotopic (exact) mass is 311 g/mol. The average Bonchev–Trinajstić information content (AvgIpc) is 2.34. The standard InChI is InChI=1S/C15H21NO4S/c1-6-7-16(10(2)3)21(19,20)14-9-13(15(17)18)11(4)8-12(14)5/h6,8-10H,1,7H2,2-5H3,(H,17,18). The number of benzene rings is 1. The highest BCUT2D eigenvalue weighted by Gasteiger charge is 2.28. The van der Waals surface area contributed by atoms with Crippen molar-refractivity contribution in [1.29, 1.82) is 0 Å². The molecule has 5 nitrogen and oxygen atoms in total. The van der Waals surface area contributed by atoms with E-state index in [1.165, 1.54) is 16.4 Å². The minimum Gasteiger partial charge on any atom is -0.478 e. The van der Waals surface area contributed by atoms with Crippen LogP contribution in [0.4, 0.5) is 0 Å². The van der Waals surface area contributed by atoms with Gasteiger partial charge in [0, 0.05) is 12.6 Å². The third kappa shape index (κ3) is 3.51. The Morgan fingerprint density at radius 2 is 1.90 bits per heavy atom. The van der Waals surface area contributed by atoms with Gasteiger partial charge in [-0.05, 0) is 44.9 Å². The number of carboxylic acid groups (broad SMARTS) is 1. The first-order chi connectivity index (χ1) is 9.62. The Kier molecular flexibility index (Phi) is 5.31. The topological polar surface area (TPSA) is 74.7 Å². The summed E-state index contributed by atoms with van der Waals surface area (Å²) >= 11 is 0. The molecule has 1 N–H and O–H groups in total. The van der Waals surface area contributed by atoms with Gasteiger partial charge in [-0.15, -0.1) is 6.58 Å². The molecule has 0 saturated heterocycles. The van der Waals surface area contributed by atoms with Gasteiger partial charge in [0.1, 0.15) is 0 Å². The number of hydrogen-bond donors (Lipinski definition) is 1. The summed E-state index contributed by atoms with van der Waals surface area (Å²) in [5.74, 6) is -1.14. The normalized spacial score (nSPS) is 11.9. The minimum absolute atomic E-state index is 0.00137. The van der Waals surface area contributed by atoms with Crippen LogP contribution in [0.3, 0.4) is 0 Å². The summed E-state index contributed by atoms with van der Waals surface area (Å²) in [6.07, 6.45) is 1.51. The highest BCUT2D eigenvalue weighted by Crippen LogP contribution is 2.25. The molecule has 1 aromatic rings. The van der Waals surface area contributed by atoms with E-state index in [4.69, 9.17) is 0 Å². The Morgan fingerprint density at radius 3 is 2.33 bits per heavy atom. The summed E-state index contributed by atoms with van der Waals surface area (Å²) in [7, 11) is -3.77. The molecule has 1 aromatic carbocycles. The van der Waals surface area contributed by atoms with Crippen LogP contribution in [-0.2, 0) is 10.0 Å². The van der Waals surface area contributed by atoms with Crippen molar-refractivity contribution in [1.82, 2.24) is 4.31 Å². The van der Waals surface area contributed by atoms with Gasteiger partial charge in [-0.2, -0.15) is 4.31 Å². The van der Waals surface area contributed by atoms with Gasteiger partial charge in [0.25, 0.3) is 0 Å². The molecule has 116 valence electrons. The Balaban J connectivity index is 3.53. The number of rotatable bonds is 6. The van der Waals surface area contributed by atoms with Crippen LogP contribution in [0.2, 0.25) is 0 Å². The second kappa shape index (κ2) is 6.41. The van der Waals surface area contributed by atoms with E-state index in [1.54, 1.807) is 33.8 Å². The molecular weight excluding hydrogens is 290 g/mol. The Morgan fingerprint density at radius 1 is 1.33 bits per heavy atom. The maximum absolute atomic E-state index is 12.8. The molecule has 0 bridgehead atoms. The van der Waals surface area contributed by atoms with Gasteiger partial charge >= 0.3 is 5.97 Å². The van der Waals surface area contributed by atoms with Crippen LogP contribution in [0.5, 0.6) is 0 Å². The lowest BCUT2D eigenvalue weighted by Gasteiger charge is -2.25. The first-order valence-electron chi connectivity index (χ1n) is 6.60. The van der Waals surface area contributed by atoms with E-state index in [9.17, 15) is 18.3 Å². The number of nitrogens with zero attached hydrogens (tertiary/aromatic N) is 1. The molecule has 0 spiro atoms. The maximum Gasteiger partial charge on any atom is 0.335 e. The zero-order valence-corrected chi connectivity index (χ0v) is 13.6. The summed E-state index contributed by atoms with van der Waals surface area (Å²) in [5.41, 5.74) is 1.08. The maximum atomic E-state index is 12.8. The Hall–Kier alpha value is -1.66. The molecular formula is C15H21NO4S. The number of aromatic carboxylic acids is 1. The van der Waals surface area contributed by atoms with Crippen LogP contribution < -0.4 is 0 Å². The average molecular weight is 311 g/mol. The van der Waals surface area contributed by atoms with Crippen LogP contribution in [0.1, 0.15) is 35.3 Å². The van der Waals surface area contributed by atoms with Gasteiger partial charge in [0.2, 0.25) is 10.0 Å². The van der Waals surface area contributed by atoms with Crippen molar-refractivity contribution in [2.45, 2.75) is 38.6 Å². The molecule has 0 amide bonds. The largest absolute Gasteiger partial charge is 0.478 e. The molecule has 0 fully saturated rings. The van der Waals surface area contributed by atoms with Crippen molar-refractivity contribution in [2.24, 2.45) is 0 Å². The molecule has 1 rings (SSSR count). The number of carboxylic acids is 1. The fourth-order valence-electron chi connectivity index (χ4n) is 2.18. The highest BCUT2D eigenvalue weighted by molar-refractivity contribution is 7.89. The second-order valence-electron chi connectivity index (χ2n) is 5.19. The quantitative estimate of drug-likeness (QED) is 0.819. The van der Waals surface area contributed by atoms with Crippen LogP contribution in [0.25, 0.3) is 0 Å². The number of aryl methyl sites for hydroxylation is 2. The van der Waals surface area contributed by atoms with E-state index in [-0.39, 0.29) is 23.0 Å². The van der Waals surface area contributed by atoms with Gasteiger partial charge in [0.15, 0.2) is 0 Å². The zero-order chi connectivity index (χ0) is 16.4. The number of carbonyl (C=O) groups is 1. The van der Waals surface area contributed by atoms with Gasteiger partial charge in [-0.1, -0.05) is 12.1 Å². The van der Waals surface area contributed by atoms with Crippen molar-refractivity contribution in [2.75, 3.05) is 6.54 Å². The molecule has 0 radical (unpaired) electrons. The fourth-order valence-corrected chi connectivity index (χ4v) is 4.02. The lowest BCUT2D eigenvalue weighted by atomic mass is 10.1. The van der Waals surface area contributed by atoms with Crippen LogP contribution in [0.15, 0.2) is 29.7 Å². The number of hydrogen-bond acceptors (Lipinski definition) is 3. The van der Waals surface area contributed by atoms with Gasteiger partial charge < -0.3 is 5.11 Å². The summed E-state index contributed by atoms with van der Waals surface area (Å²) < 4.78 is 26.8. The number of sulfonamides is 1. The van der Waals surface area contributed by atoms with E-state index < -0.39 is 16.0 Å². The molecule has 0 aromatic heterocycles. The Bertz CT molecular complexity index is 662. The van der Waals surface area contributed by atoms with Crippen molar-refractivity contribution < 1.29 is 18.3 Å². The van der Waals surface area contributed by atoms with E-state index in [0.29, 0.717) is 11.1 Å². The van der Waals surface area contributed by atoms with E-state index in [2.05, 4.69) is 6.58 Å². The summed E-state index contributed by atoms with van der Waals surface area (Å²) in [5, 5.41) is 9.17. The van der Waals surface area contributed by atoms with Crippen LogP contribution in [-0.4, -0.2) is 36.4 Å². The molecule has 0 aliphatic heterocycles. The van der Waals surface area contributed by atoms with E-state index in [1.807, 2.05) is 0 Å². The first-order valence-corrected chi connectivity index (χ1v) is 8.04. The molecule has 0 unspecified atom stereocenters. The molecule has 0 saturated carbocycles. The highest BCUT2D eigenvalue weighted by atomic mass is 32.2. The van der Waals surface area contributed by atoms with E-state index >= 15 is 0 Å². The lowest BCUT2D eigenvalue weighted by molar-refractivity contribution is 0.0696. The summed E-state index contributed by atoms with van der Waals surface area (Å²) in [6.45, 7) is 10.6. The molecule has 0 aliphatic rings. The third-order valence-corrected chi connectivity index (χ3v) is 5.41. The summed E-state index contributed by atoms with van der Waals surface area (Å²) in [6, 6.07) is 2.57. The third-order valence-electron chi connectivity index (χ3n) is 3.22. The van der Waals surface area contributed by atoms with Crippen molar-refractivity contribution in [3.8, 4) is 0 Å². The van der Waals surface area contributed by atoms with Gasteiger partial charge in [-0.25, -0.2) is 13.2 Å². The SMILES string of the molecule is C=CCN(C(C)C)S(=O)(=O)c1cc(C(=O)O)c(C)cc1C. The molecule has 0 heterocycles. The predicted octanol–water partition coefficient (Wildman–Crippen LogP) is 2.59. The summed E-state index contributed by atoms with van der Waals surface area (Å²) in [4.78, 5) is 11.2.